The molecule has 3 rings (SSSR count). The number of carbonyl (C=O) groups is 1. The summed E-state index contributed by atoms with van der Waals surface area (Å²) >= 11 is 0. The van der Waals surface area contributed by atoms with Gasteiger partial charge in [-0.05, 0) is 61.2 Å². The fourth-order valence-corrected chi connectivity index (χ4v) is 3.00. The number of benzene rings is 2. The Hall–Kier alpha value is -2.49. The van der Waals surface area contributed by atoms with Crippen molar-refractivity contribution < 1.29 is 4.79 Å². The van der Waals surface area contributed by atoms with Crippen LogP contribution in [-0.4, -0.2) is 19.0 Å². The largest absolute Gasteiger partial charge is 0.399 e. The maximum atomic E-state index is 12.1. The van der Waals surface area contributed by atoms with Gasteiger partial charge in [-0.2, -0.15) is 0 Å². The molecule has 4 nitrogen and oxygen atoms in total. The molecule has 0 aliphatic carbocycles. The van der Waals surface area contributed by atoms with E-state index < -0.39 is 0 Å². The number of hydrogen-bond donors (Lipinski definition) is 2. The molecule has 2 aromatic carbocycles. The van der Waals surface area contributed by atoms with Crippen LogP contribution < -0.4 is 16.0 Å². The molecule has 0 aromatic heterocycles. The molecule has 120 valence electrons. The Morgan fingerprint density at radius 3 is 2.48 bits per heavy atom. The number of carbonyl (C=O) groups excluding carboxylic acids is 1. The molecule has 0 saturated carbocycles. The van der Waals surface area contributed by atoms with E-state index in [9.17, 15) is 4.79 Å². The van der Waals surface area contributed by atoms with Crippen LogP contribution in [-0.2, 0) is 11.2 Å². The van der Waals surface area contributed by atoms with Crippen molar-refractivity contribution in [2.75, 3.05) is 29.0 Å². The number of anilines is 3. The molecule has 1 amide bonds. The van der Waals surface area contributed by atoms with Crippen molar-refractivity contribution in [3.8, 4) is 0 Å². The van der Waals surface area contributed by atoms with Gasteiger partial charge in [-0.25, -0.2) is 0 Å². The van der Waals surface area contributed by atoms with E-state index in [2.05, 4.69) is 22.3 Å². The van der Waals surface area contributed by atoms with Crippen molar-refractivity contribution in [3.63, 3.8) is 0 Å². The minimum Gasteiger partial charge on any atom is -0.399 e. The Labute approximate surface area is 137 Å². The van der Waals surface area contributed by atoms with Crippen LogP contribution in [0.5, 0.6) is 0 Å². The molecule has 1 fully saturated rings. The van der Waals surface area contributed by atoms with Crippen molar-refractivity contribution in [1.82, 2.24) is 0 Å². The molecule has 23 heavy (non-hydrogen) atoms. The number of amides is 1. The van der Waals surface area contributed by atoms with Gasteiger partial charge in [-0.15, -0.1) is 0 Å². The lowest BCUT2D eigenvalue weighted by Gasteiger charge is -2.28. The third kappa shape index (κ3) is 4.25. The second-order valence-electron chi connectivity index (χ2n) is 6.06. The summed E-state index contributed by atoms with van der Waals surface area (Å²) in [5, 5.41) is 2.94. The lowest BCUT2D eigenvalue weighted by molar-refractivity contribution is -0.115. The molecular weight excluding hydrogens is 286 g/mol. The molecule has 0 spiro atoms. The first-order valence-corrected chi connectivity index (χ1v) is 8.20. The molecule has 0 bridgehead atoms. The fourth-order valence-electron chi connectivity index (χ4n) is 3.00. The predicted octanol–water partition coefficient (Wildman–Crippen LogP) is 3.44. The smallest absolute Gasteiger partial charge is 0.228 e. The molecule has 4 heteroatoms. The molecular formula is C19H23N3O. The molecule has 2 aromatic rings. The van der Waals surface area contributed by atoms with E-state index in [1.807, 2.05) is 36.4 Å². The molecule has 1 aliphatic heterocycles. The van der Waals surface area contributed by atoms with E-state index in [1.165, 1.54) is 24.9 Å². The van der Waals surface area contributed by atoms with Crippen molar-refractivity contribution in [3.05, 3.63) is 54.1 Å². The highest BCUT2D eigenvalue weighted by Crippen LogP contribution is 2.22. The van der Waals surface area contributed by atoms with E-state index in [-0.39, 0.29) is 5.91 Å². The molecule has 1 saturated heterocycles. The number of hydrogen-bond acceptors (Lipinski definition) is 3. The molecule has 1 heterocycles. The normalized spacial score (nSPS) is 14.5. The average Bonchev–Trinajstić information content (AvgIpc) is 2.56. The summed E-state index contributed by atoms with van der Waals surface area (Å²) in [5.41, 5.74) is 9.41. The van der Waals surface area contributed by atoms with Crippen LogP contribution in [0.4, 0.5) is 17.1 Å². The molecule has 0 radical (unpaired) electrons. The lowest BCUT2D eigenvalue weighted by atomic mass is 10.1. The highest BCUT2D eigenvalue weighted by molar-refractivity contribution is 5.92. The van der Waals surface area contributed by atoms with Crippen LogP contribution in [0.1, 0.15) is 24.8 Å². The molecule has 1 aliphatic rings. The van der Waals surface area contributed by atoms with Crippen LogP contribution in [0.2, 0.25) is 0 Å². The van der Waals surface area contributed by atoms with Gasteiger partial charge in [0, 0.05) is 30.2 Å². The predicted molar refractivity (Wildman–Crippen MR) is 95.7 cm³/mol. The second kappa shape index (κ2) is 7.18. The number of nitrogens with two attached hydrogens (primary N) is 1. The van der Waals surface area contributed by atoms with Crippen LogP contribution >= 0.6 is 0 Å². The van der Waals surface area contributed by atoms with Crippen molar-refractivity contribution in [2.24, 2.45) is 0 Å². The maximum absolute atomic E-state index is 12.1. The van der Waals surface area contributed by atoms with Gasteiger partial charge in [0.1, 0.15) is 0 Å². The Bertz CT molecular complexity index is 661. The fraction of sp³-hybridized carbons (Fsp3) is 0.316. The van der Waals surface area contributed by atoms with Gasteiger partial charge >= 0.3 is 0 Å². The summed E-state index contributed by atoms with van der Waals surface area (Å²) in [6.07, 6.45) is 4.19. The van der Waals surface area contributed by atoms with E-state index in [1.54, 1.807) is 0 Å². The standard InChI is InChI=1S/C19H23N3O/c20-16-6-4-5-15(13-16)14-19(23)21-17-7-9-18(10-8-17)22-11-2-1-3-12-22/h4-10,13H,1-3,11-12,14,20H2,(H,21,23). The zero-order valence-electron chi connectivity index (χ0n) is 13.3. The Balaban J connectivity index is 1.58. The van der Waals surface area contributed by atoms with Gasteiger partial charge in [0.05, 0.1) is 6.42 Å². The van der Waals surface area contributed by atoms with Gasteiger partial charge in [-0.3, -0.25) is 4.79 Å². The first-order chi connectivity index (χ1) is 11.2. The maximum Gasteiger partial charge on any atom is 0.228 e. The van der Waals surface area contributed by atoms with Crippen LogP contribution in [0.3, 0.4) is 0 Å². The first kappa shape index (κ1) is 15.4. The highest BCUT2D eigenvalue weighted by atomic mass is 16.1. The summed E-state index contributed by atoms with van der Waals surface area (Å²) in [7, 11) is 0. The Morgan fingerprint density at radius 2 is 1.78 bits per heavy atom. The van der Waals surface area contributed by atoms with Gasteiger partial charge in [0.15, 0.2) is 0 Å². The third-order valence-electron chi connectivity index (χ3n) is 4.19. The molecule has 0 unspecified atom stereocenters. The van der Waals surface area contributed by atoms with Gasteiger partial charge < -0.3 is 16.0 Å². The number of nitrogens with zero attached hydrogens (tertiary/aromatic N) is 1. The minimum atomic E-state index is -0.0266. The van der Waals surface area contributed by atoms with Gasteiger partial charge in [0.25, 0.3) is 0 Å². The number of rotatable bonds is 4. The molecule has 0 atom stereocenters. The highest BCUT2D eigenvalue weighted by Gasteiger charge is 2.11. The first-order valence-electron chi connectivity index (χ1n) is 8.20. The third-order valence-corrected chi connectivity index (χ3v) is 4.19. The zero-order valence-corrected chi connectivity index (χ0v) is 13.3. The minimum absolute atomic E-state index is 0.0266. The van der Waals surface area contributed by atoms with Crippen LogP contribution in [0, 0.1) is 0 Å². The molecule has 3 N–H and O–H groups in total. The van der Waals surface area contributed by atoms with Crippen LogP contribution in [0.15, 0.2) is 48.5 Å². The van der Waals surface area contributed by atoms with Crippen molar-refractivity contribution in [2.45, 2.75) is 25.7 Å². The summed E-state index contributed by atoms with van der Waals surface area (Å²) in [5.74, 6) is -0.0266. The summed E-state index contributed by atoms with van der Waals surface area (Å²) < 4.78 is 0. The van der Waals surface area contributed by atoms with Gasteiger partial charge in [0.2, 0.25) is 5.91 Å². The Morgan fingerprint density at radius 1 is 1.04 bits per heavy atom. The quantitative estimate of drug-likeness (QED) is 0.851. The topological polar surface area (TPSA) is 58.4 Å². The SMILES string of the molecule is Nc1cccc(CC(=O)Nc2ccc(N3CCCCC3)cc2)c1. The van der Waals surface area contributed by atoms with Crippen molar-refractivity contribution >= 4 is 23.0 Å². The lowest BCUT2D eigenvalue weighted by Crippen LogP contribution is -2.29. The second-order valence-corrected chi connectivity index (χ2v) is 6.06. The van der Waals surface area contributed by atoms with Crippen LogP contribution in [0.25, 0.3) is 0 Å². The van der Waals surface area contributed by atoms with Crippen molar-refractivity contribution in [1.29, 1.82) is 0 Å². The van der Waals surface area contributed by atoms with Gasteiger partial charge in [-0.1, -0.05) is 12.1 Å². The summed E-state index contributed by atoms with van der Waals surface area (Å²) in [4.78, 5) is 14.5. The van der Waals surface area contributed by atoms with E-state index >= 15 is 0 Å². The van der Waals surface area contributed by atoms with E-state index in [0.29, 0.717) is 12.1 Å². The number of nitrogen functional groups attached to an aromatic ring is 1. The zero-order chi connectivity index (χ0) is 16.1. The van der Waals surface area contributed by atoms with E-state index in [0.717, 1.165) is 24.3 Å². The van der Waals surface area contributed by atoms with E-state index in [4.69, 9.17) is 5.73 Å². The number of nitrogens with one attached hydrogen (secondary N) is 1. The Kier molecular flexibility index (Phi) is 4.81. The summed E-state index contributed by atoms with van der Waals surface area (Å²) in [6.45, 7) is 2.25. The average molecular weight is 309 g/mol. The summed E-state index contributed by atoms with van der Waals surface area (Å²) in [6, 6.07) is 15.5. The number of piperidine rings is 1. The monoisotopic (exact) mass is 309 g/mol.